The molecule has 1 amide bonds. The second-order valence-corrected chi connectivity index (χ2v) is 23.1. The van der Waals surface area contributed by atoms with Gasteiger partial charge in [0.05, 0.1) is 10.8 Å². The zero-order valence-electron chi connectivity index (χ0n) is 42.3. The lowest BCUT2D eigenvalue weighted by Gasteiger charge is -2.60. The number of aromatic nitrogens is 6. The van der Waals surface area contributed by atoms with Crippen molar-refractivity contribution >= 4 is 67.7 Å². The van der Waals surface area contributed by atoms with Crippen molar-refractivity contribution < 1.29 is 13.7 Å². The Morgan fingerprint density at radius 2 is 1.23 bits per heavy atom. The molecular formula is C54H62N14O5S. The second kappa shape index (κ2) is 20.1. The standard InChI is InChI=1S/C24H25N7O.C16H23N3O2.C14H14N4O2S/c25-10-16-9-17-11-27-23(29-21(17)31(22(16)32)20-3-1-2-4-20)28-18-5-7-19(8-6-18)30-14-24(15-30)12-26-13-24;1-15(2,3)21-14(20)19-10-16(11-19)8-18(9-16)13-6-4-12(17)5-7-13;1-21(20)14-16-8-10-6-9(7-15)13(19)18(12(10)17-14)11-4-2-3-5-11/h5-9,11,20,26H,1-4,12-15H2,(H,27,28,29);4-7H,8-11,17H2,1-3H3;6,8,11H,2-5H2,1H3. The third-order valence-electron chi connectivity index (χ3n) is 15.0. The number of amides is 1. The predicted octanol–water partition coefficient (Wildman–Crippen LogP) is 6.77. The topological polar surface area (TPSA) is 246 Å². The van der Waals surface area contributed by atoms with E-state index < -0.39 is 16.4 Å². The Morgan fingerprint density at radius 3 is 1.70 bits per heavy atom. The van der Waals surface area contributed by atoms with Gasteiger partial charge in [-0.05, 0) is 107 Å². The molecule has 0 bridgehead atoms. The van der Waals surface area contributed by atoms with Gasteiger partial charge >= 0.3 is 6.09 Å². The number of nitrogen functional groups attached to an aromatic ring is 1. The van der Waals surface area contributed by atoms with Crippen LogP contribution in [0, 0.1) is 33.5 Å². The van der Waals surface area contributed by atoms with E-state index in [1.807, 2.05) is 69.3 Å². The quantitative estimate of drug-likeness (QED) is 0.110. The van der Waals surface area contributed by atoms with Gasteiger partial charge in [0, 0.05) is 127 Å². The molecular weight excluding hydrogens is 957 g/mol. The van der Waals surface area contributed by atoms with Crippen LogP contribution in [0.2, 0.25) is 0 Å². The molecule has 8 heterocycles. The van der Waals surface area contributed by atoms with Crippen molar-refractivity contribution in [2.75, 3.05) is 79.5 Å². The van der Waals surface area contributed by atoms with E-state index in [2.05, 4.69) is 52.5 Å². The highest BCUT2D eigenvalue weighted by atomic mass is 32.2. The molecule has 20 heteroatoms. The lowest BCUT2D eigenvalue weighted by Crippen LogP contribution is -2.73. The Balaban J connectivity index is 0.000000132. The molecule has 2 saturated carbocycles. The van der Waals surface area contributed by atoms with E-state index in [-0.39, 0.29) is 51.0 Å². The summed E-state index contributed by atoms with van der Waals surface area (Å²) in [6, 6.07) is 23.5. The van der Waals surface area contributed by atoms with Crippen molar-refractivity contribution in [2.45, 2.75) is 95.0 Å². The molecule has 6 fully saturated rings. The number of hydrogen-bond donors (Lipinski definition) is 3. The Labute approximate surface area is 431 Å². The zero-order chi connectivity index (χ0) is 51.9. The Morgan fingerprint density at radius 1 is 0.743 bits per heavy atom. The number of fused-ring (bicyclic) bond motifs is 2. The van der Waals surface area contributed by atoms with Gasteiger partial charge in [-0.2, -0.15) is 15.5 Å². The molecule has 384 valence electrons. The van der Waals surface area contributed by atoms with Crippen LogP contribution in [-0.4, -0.2) is 108 Å². The summed E-state index contributed by atoms with van der Waals surface area (Å²) in [4.78, 5) is 61.3. The average Bonchev–Trinajstić information content (AvgIpc) is 4.06. The first-order chi connectivity index (χ1) is 35.5. The lowest BCUT2D eigenvalue weighted by molar-refractivity contribution is -0.0453. The monoisotopic (exact) mass is 1020 g/mol. The van der Waals surface area contributed by atoms with Crippen LogP contribution < -0.4 is 37.3 Å². The highest BCUT2D eigenvalue weighted by molar-refractivity contribution is 7.84. The molecule has 2 aromatic carbocycles. The Hall–Kier alpha value is -7.42. The maximum atomic E-state index is 12.9. The van der Waals surface area contributed by atoms with Crippen LogP contribution in [0.15, 0.2) is 87.8 Å². The predicted molar refractivity (Wildman–Crippen MR) is 285 cm³/mol. The van der Waals surface area contributed by atoms with Crippen LogP contribution in [0.4, 0.5) is 33.5 Å². The molecule has 6 aromatic rings. The van der Waals surface area contributed by atoms with Gasteiger partial charge in [0.15, 0.2) is 0 Å². The number of nitriles is 2. The number of hydrogen-bond acceptors (Lipinski definition) is 16. The third-order valence-corrected chi connectivity index (χ3v) is 15.7. The fraction of sp³-hybridized carbons (Fsp3) is 0.463. The normalized spacial score (nSPS) is 18.9. The summed E-state index contributed by atoms with van der Waals surface area (Å²) in [6.45, 7) is 13.8. The molecule has 6 aliphatic rings. The summed E-state index contributed by atoms with van der Waals surface area (Å²) >= 11 is 0. The number of ether oxygens (including phenoxy) is 1. The number of rotatable bonds is 7. The number of anilines is 5. The number of carbonyl (C=O) groups is 1. The summed E-state index contributed by atoms with van der Waals surface area (Å²) in [5, 5.41) is 26.7. The van der Waals surface area contributed by atoms with Gasteiger partial charge < -0.3 is 35.8 Å². The number of nitrogens with one attached hydrogen (secondary N) is 2. The molecule has 4 aromatic heterocycles. The summed E-state index contributed by atoms with van der Waals surface area (Å²) < 4.78 is 20.3. The van der Waals surface area contributed by atoms with Crippen molar-refractivity contribution in [2.24, 2.45) is 10.8 Å². The van der Waals surface area contributed by atoms with Gasteiger partial charge in [-0.25, -0.2) is 19.7 Å². The van der Waals surface area contributed by atoms with Crippen molar-refractivity contribution in [1.82, 2.24) is 39.3 Å². The maximum Gasteiger partial charge on any atom is 0.410 e. The zero-order valence-corrected chi connectivity index (χ0v) is 43.2. The first-order valence-corrected chi connectivity index (χ1v) is 27.0. The van der Waals surface area contributed by atoms with Crippen LogP contribution >= 0.6 is 0 Å². The third kappa shape index (κ3) is 10.3. The van der Waals surface area contributed by atoms with E-state index in [0.717, 1.165) is 115 Å². The molecule has 1 atom stereocenters. The van der Waals surface area contributed by atoms with Crippen molar-refractivity contribution in [1.29, 1.82) is 10.5 Å². The molecule has 0 radical (unpaired) electrons. The minimum atomic E-state index is -1.31. The lowest BCUT2D eigenvalue weighted by atomic mass is 9.73. The summed E-state index contributed by atoms with van der Waals surface area (Å²) in [6.07, 6.45) is 12.5. The largest absolute Gasteiger partial charge is 0.444 e. The van der Waals surface area contributed by atoms with Crippen LogP contribution in [0.25, 0.3) is 22.1 Å². The molecule has 74 heavy (non-hydrogen) atoms. The highest BCUT2D eigenvalue weighted by Gasteiger charge is 2.54. The SMILES string of the molecule is CC(C)(C)OC(=O)N1CC2(C1)CN(c1ccc(N)cc1)C2.CS(=O)c1ncc2cc(C#N)c(=O)n(C3CCCC3)c2n1.N#Cc1cc2cnc(Nc3ccc(N4CC5(CNC5)C4)cc3)nc2n(C2CCCC2)c1=O. The number of nitrogens with two attached hydrogens (primary N) is 1. The van der Waals surface area contributed by atoms with Gasteiger partial charge in [0.1, 0.15) is 40.2 Å². The molecule has 19 nitrogen and oxygen atoms in total. The highest BCUT2D eigenvalue weighted by Crippen LogP contribution is 2.43. The van der Waals surface area contributed by atoms with E-state index in [4.69, 9.17) is 15.7 Å². The molecule has 2 aliphatic carbocycles. The minimum Gasteiger partial charge on any atom is -0.444 e. The van der Waals surface area contributed by atoms with Crippen molar-refractivity contribution in [3.05, 3.63) is 105 Å². The van der Waals surface area contributed by atoms with E-state index in [0.29, 0.717) is 33.4 Å². The maximum absolute atomic E-state index is 12.9. The van der Waals surface area contributed by atoms with E-state index in [1.165, 1.54) is 29.9 Å². The summed E-state index contributed by atoms with van der Waals surface area (Å²) in [5.41, 5.74) is 10.9. The van der Waals surface area contributed by atoms with Crippen LogP contribution in [0.5, 0.6) is 0 Å². The first-order valence-electron chi connectivity index (χ1n) is 25.4. The van der Waals surface area contributed by atoms with Crippen LogP contribution in [0.1, 0.15) is 95.3 Å². The van der Waals surface area contributed by atoms with E-state index >= 15 is 0 Å². The van der Waals surface area contributed by atoms with E-state index in [9.17, 15) is 23.9 Å². The molecule has 4 N–H and O–H groups in total. The average molecular weight is 1020 g/mol. The van der Waals surface area contributed by atoms with E-state index in [1.54, 1.807) is 26.3 Å². The van der Waals surface area contributed by atoms with Gasteiger partial charge in [0.2, 0.25) is 11.1 Å². The second-order valence-electron chi connectivity index (χ2n) is 21.8. The van der Waals surface area contributed by atoms with Crippen LogP contribution in [0.3, 0.4) is 0 Å². The fourth-order valence-electron chi connectivity index (χ4n) is 11.2. The number of pyridine rings is 2. The van der Waals surface area contributed by atoms with Gasteiger partial charge in [-0.1, -0.05) is 25.7 Å². The van der Waals surface area contributed by atoms with Crippen molar-refractivity contribution in [3.63, 3.8) is 0 Å². The number of nitrogens with zero attached hydrogens (tertiary/aromatic N) is 11. The number of benzene rings is 2. The summed E-state index contributed by atoms with van der Waals surface area (Å²) in [5.74, 6) is 0.449. The van der Waals surface area contributed by atoms with Gasteiger partial charge in [0.25, 0.3) is 11.1 Å². The Kier molecular flexibility index (Phi) is 13.6. The molecule has 4 saturated heterocycles. The fourth-order valence-corrected chi connectivity index (χ4v) is 11.6. The molecule has 12 rings (SSSR count). The number of carbonyl (C=O) groups excluding carboxylic acids is 1. The van der Waals surface area contributed by atoms with Gasteiger partial charge in [-0.3, -0.25) is 22.9 Å². The molecule has 4 aliphatic heterocycles. The van der Waals surface area contributed by atoms with Crippen molar-refractivity contribution in [3.8, 4) is 12.1 Å². The minimum absolute atomic E-state index is 0.0568. The van der Waals surface area contributed by atoms with Crippen LogP contribution in [-0.2, 0) is 15.5 Å². The smallest absolute Gasteiger partial charge is 0.410 e. The molecule has 2 spiro atoms. The Bertz CT molecular complexity index is 3320. The molecule has 1 unspecified atom stereocenters. The number of likely N-dealkylation sites (tertiary alicyclic amines) is 1. The summed E-state index contributed by atoms with van der Waals surface area (Å²) in [7, 11) is -1.31. The first kappa shape index (κ1) is 50.1. The van der Waals surface area contributed by atoms with Gasteiger partial charge in [-0.15, -0.1) is 0 Å².